The first-order valence-corrected chi connectivity index (χ1v) is 7.94. The molecule has 1 atom stereocenters. The molecule has 120 valence electrons. The highest BCUT2D eigenvalue weighted by Crippen LogP contribution is 2.27. The summed E-state index contributed by atoms with van der Waals surface area (Å²) in [4.78, 5) is 18.9. The summed E-state index contributed by atoms with van der Waals surface area (Å²) < 4.78 is 4.96. The van der Waals surface area contributed by atoms with E-state index in [9.17, 15) is 4.79 Å². The highest BCUT2D eigenvalue weighted by Gasteiger charge is 2.23. The van der Waals surface area contributed by atoms with E-state index < -0.39 is 0 Å². The lowest BCUT2D eigenvalue weighted by atomic mass is 10.0. The van der Waals surface area contributed by atoms with Crippen molar-refractivity contribution in [3.8, 4) is 0 Å². The van der Waals surface area contributed by atoms with Crippen molar-refractivity contribution in [3.05, 3.63) is 4.88 Å². The Hall–Kier alpha value is -1.34. The van der Waals surface area contributed by atoms with Gasteiger partial charge in [0.15, 0.2) is 5.13 Å². The number of nitrogen functional groups attached to an aromatic ring is 1. The number of thiazole rings is 1. The molecule has 3 N–H and O–H groups in total. The number of carbonyl (C=O) groups is 1. The second-order valence-electron chi connectivity index (χ2n) is 5.55. The van der Waals surface area contributed by atoms with Gasteiger partial charge in [-0.1, -0.05) is 25.2 Å². The molecule has 1 unspecified atom stereocenters. The highest BCUT2D eigenvalue weighted by molar-refractivity contribution is 7.18. The standard InChI is InChI=1S/C14H26N4O2S/c1-9(2)8-10(3)18(4)13(19)11-12(15)17-14(21-11)16-6-7-20-5/h9-10H,6-8,15H2,1-5H3,(H,16,17). The first-order valence-electron chi connectivity index (χ1n) is 7.13. The van der Waals surface area contributed by atoms with E-state index in [0.717, 1.165) is 6.42 Å². The van der Waals surface area contributed by atoms with Crippen LogP contribution in [-0.2, 0) is 4.74 Å². The van der Waals surface area contributed by atoms with E-state index >= 15 is 0 Å². The Morgan fingerprint density at radius 1 is 1.48 bits per heavy atom. The number of nitrogens with two attached hydrogens (primary N) is 1. The molecule has 1 aromatic heterocycles. The average Bonchev–Trinajstić information content (AvgIpc) is 2.77. The van der Waals surface area contributed by atoms with Crippen LogP contribution in [0.25, 0.3) is 0 Å². The Morgan fingerprint density at radius 2 is 2.14 bits per heavy atom. The monoisotopic (exact) mass is 314 g/mol. The number of nitrogens with one attached hydrogen (secondary N) is 1. The molecule has 0 bridgehead atoms. The van der Waals surface area contributed by atoms with Crippen LogP contribution in [0.15, 0.2) is 0 Å². The molecule has 0 aliphatic heterocycles. The first-order chi connectivity index (χ1) is 9.86. The van der Waals surface area contributed by atoms with Crippen LogP contribution in [0.3, 0.4) is 0 Å². The normalized spacial score (nSPS) is 12.5. The second-order valence-corrected chi connectivity index (χ2v) is 6.55. The van der Waals surface area contributed by atoms with Gasteiger partial charge in [-0.2, -0.15) is 0 Å². The molecule has 0 spiro atoms. The van der Waals surface area contributed by atoms with Crippen molar-refractivity contribution in [2.75, 3.05) is 38.4 Å². The van der Waals surface area contributed by atoms with Gasteiger partial charge in [-0.15, -0.1) is 0 Å². The number of ether oxygens (including phenoxy) is 1. The van der Waals surface area contributed by atoms with Crippen LogP contribution in [0, 0.1) is 5.92 Å². The Bertz CT molecular complexity index is 462. The van der Waals surface area contributed by atoms with E-state index in [-0.39, 0.29) is 17.8 Å². The van der Waals surface area contributed by atoms with Gasteiger partial charge in [-0.05, 0) is 19.3 Å². The fourth-order valence-electron chi connectivity index (χ4n) is 2.02. The van der Waals surface area contributed by atoms with E-state index in [2.05, 4.69) is 24.1 Å². The maximum absolute atomic E-state index is 12.5. The Labute approximate surface area is 130 Å². The van der Waals surface area contributed by atoms with Crippen LogP contribution in [0.5, 0.6) is 0 Å². The fourth-order valence-corrected chi connectivity index (χ4v) is 2.91. The third-order valence-electron chi connectivity index (χ3n) is 3.22. The maximum atomic E-state index is 12.5. The second kappa shape index (κ2) is 8.19. The molecule has 0 aliphatic rings. The number of anilines is 2. The van der Waals surface area contributed by atoms with Crippen LogP contribution < -0.4 is 11.1 Å². The van der Waals surface area contributed by atoms with E-state index in [0.29, 0.717) is 29.1 Å². The minimum atomic E-state index is -0.0714. The molecule has 0 saturated carbocycles. The lowest BCUT2D eigenvalue weighted by Crippen LogP contribution is -2.35. The van der Waals surface area contributed by atoms with E-state index in [4.69, 9.17) is 10.5 Å². The minimum Gasteiger partial charge on any atom is -0.383 e. The molecule has 21 heavy (non-hydrogen) atoms. The van der Waals surface area contributed by atoms with Crippen molar-refractivity contribution >= 4 is 28.2 Å². The average molecular weight is 314 g/mol. The van der Waals surface area contributed by atoms with Gasteiger partial charge in [-0.25, -0.2) is 4.98 Å². The lowest BCUT2D eigenvalue weighted by Gasteiger charge is -2.25. The third-order valence-corrected chi connectivity index (χ3v) is 4.24. The van der Waals surface area contributed by atoms with Gasteiger partial charge in [0.2, 0.25) is 0 Å². The van der Waals surface area contributed by atoms with Crippen LogP contribution in [-0.4, -0.2) is 49.1 Å². The van der Waals surface area contributed by atoms with E-state index in [1.807, 2.05) is 14.0 Å². The molecule has 1 rings (SSSR count). The fraction of sp³-hybridized carbons (Fsp3) is 0.714. The number of methoxy groups -OCH3 is 1. The smallest absolute Gasteiger partial charge is 0.267 e. The number of hydrogen-bond acceptors (Lipinski definition) is 6. The number of amides is 1. The summed E-state index contributed by atoms with van der Waals surface area (Å²) in [5.41, 5.74) is 5.87. The molecule has 7 heteroatoms. The van der Waals surface area contributed by atoms with Gasteiger partial charge in [0.05, 0.1) is 6.61 Å². The van der Waals surface area contributed by atoms with Crippen LogP contribution in [0.2, 0.25) is 0 Å². The van der Waals surface area contributed by atoms with Gasteiger partial charge in [0.25, 0.3) is 5.91 Å². The third kappa shape index (κ3) is 5.17. The minimum absolute atomic E-state index is 0.0714. The van der Waals surface area contributed by atoms with E-state index in [1.54, 1.807) is 12.0 Å². The maximum Gasteiger partial charge on any atom is 0.267 e. The summed E-state index contributed by atoms with van der Waals surface area (Å²) in [6.07, 6.45) is 0.958. The van der Waals surface area contributed by atoms with E-state index in [1.165, 1.54) is 11.3 Å². The number of nitrogens with zero attached hydrogens (tertiary/aromatic N) is 2. The molecular formula is C14H26N4O2S. The summed E-state index contributed by atoms with van der Waals surface area (Å²) in [6.45, 7) is 7.55. The van der Waals surface area contributed by atoms with Crippen LogP contribution in [0.1, 0.15) is 36.9 Å². The number of carbonyl (C=O) groups excluding carboxylic acids is 1. The zero-order valence-corrected chi connectivity index (χ0v) is 14.3. The summed E-state index contributed by atoms with van der Waals surface area (Å²) >= 11 is 1.29. The molecule has 0 radical (unpaired) electrons. The molecule has 0 aromatic carbocycles. The topological polar surface area (TPSA) is 80.5 Å². The lowest BCUT2D eigenvalue weighted by molar-refractivity contribution is 0.0734. The van der Waals surface area contributed by atoms with Gasteiger partial charge >= 0.3 is 0 Å². The first kappa shape index (κ1) is 17.7. The van der Waals surface area contributed by atoms with Crippen molar-refractivity contribution in [1.82, 2.24) is 9.88 Å². The summed E-state index contributed by atoms with van der Waals surface area (Å²) in [6, 6.07) is 0.170. The van der Waals surface area contributed by atoms with Crippen molar-refractivity contribution in [2.24, 2.45) is 5.92 Å². The van der Waals surface area contributed by atoms with Gasteiger partial charge in [0, 0.05) is 26.7 Å². The molecule has 0 aliphatic carbocycles. The van der Waals surface area contributed by atoms with Crippen molar-refractivity contribution in [3.63, 3.8) is 0 Å². The molecule has 0 saturated heterocycles. The summed E-state index contributed by atoms with van der Waals surface area (Å²) in [7, 11) is 3.45. The van der Waals surface area contributed by atoms with Crippen molar-refractivity contribution < 1.29 is 9.53 Å². The predicted molar refractivity (Wildman–Crippen MR) is 87.9 cm³/mol. The Balaban J connectivity index is 2.73. The van der Waals surface area contributed by atoms with Crippen molar-refractivity contribution in [1.29, 1.82) is 0 Å². The quantitative estimate of drug-likeness (QED) is 0.720. The predicted octanol–water partition coefficient (Wildman–Crippen LogP) is 2.29. The highest BCUT2D eigenvalue weighted by atomic mass is 32.1. The molecular weight excluding hydrogens is 288 g/mol. The molecule has 0 fully saturated rings. The largest absolute Gasteiger partial charge is 0.383 e. The zero-order chi connectivity index (χ0) is 16.0. The number of hydrogen-bond donors (Lipinski definition) is 2. The number of rotatable bonds is 8. The SMILES string of the molecule is COCCNc1nc(N)c(C(=O)N(C)C(C)CC(C)C)s1. The molecule has 6 nitrogen and oxygen atoms in total. The van der Waals surface area contributed by atoms with Crippen LogP contribution >= 0.6 is 11.3 Å². The molecule has 1 heterocycles. The summed E-state index contributed by atoms with van der Waals surface area (Å²) in [5.74, 6) is 0.756. The van der Waals surface area contributed by atoms with Gasteiger partial charge in [0.1, 0.15) is 10.7 Å². The van der Waals surface area contributed by atoms with Crippen molar-refractivity contribution in [2.45, 2.75) is 33.2 Å². The van der Waals surface area contributed by atoms with Gasteiger partial charge < -0.3 is 20.7 Å². The Kier molecular flexibility index (Phi) is 6.91. The molecule has 1 aromatic rings. The Morgan fingerprint density at radius 3 is 2.71 bits per heavy atom. The number of aromatic nitrogens is 1. The summed E-state index contributed by atoms with van der Waals surface area (Å²) in [5, 5.41) is 3.74. The van der Waals surface area contributed by atoms with Gasteiger partial charge in [-0.3, -0.25) is 4.79 Å². The van der Waals surface area contributed by atoms with Crippen LogP contribution in [0.4, 0.5) is 10.9 Å². The zero-order valence-electron chi connectivity index (χ0n) is 13.5. The molecule has 1 amide bonds.